The number of hydrogen-bond acceptors (Lipinski definition) is 4. The van der Waals surface area contributed by atoms with Gasteiger partial charge in [-0.3, -0.25) is 14.5 Å². The van der Waals surface area contributed by atoms with Gasteiger partial charge in [-0.25, -0.2) is 0 Å². The molecule has 2 heterocycles. The summed E-state index contributed by atoms with van der Waals surface area (Å²) in [6.45, 7) is 6.02. The van der Waals surface area contributed by atoms with Crippen LogP contribution in [0.25, 0.3) is 0 Å². The van der Waals surface area contributed by atoms with Crippen LogP contribution in [0.2, 0.25) is 0 Å². The summed E-state index contributed by atoms with van der Waals surface area (Å²) >= 11 is 3.39. The van der Waals surface area contributed by atoms with Crippen LogP contribution >= 0.6 is 15.9 Å². The molecular formula is C19H21BrN2O4. The highest BCUT2D eigenvalue weighted by Gasteiger charge is 2.30. The fraction of sp³-hybridized carbons (Fsp3) is 0.368. The van der Waals surface area contributed by atoms with Gasteiger partial charge in [-0.2, -0.15) is 0 Å². The van der Waals surface area contributed by atoms with Crippen LogP contribution in [0.4, 0.5) is 5.69 Å². The molecule has 1 aromatic carbocycles. The van der Waals surface area contributed by atoms with Gasteiger partial charge in [-0.05, 0) is 51.1 Å². The van der Waals surface area contributed by atoms with E-state index in [0.29, 0.717) is 18.0 Å². The van der Waals surface area contributed by atoms with Gasteiger partial charge in [-0.15, -0.1) is 0 Å². The third-order valence-electron chi connectivity index (χ3n) is 4.22. The Bertz CT molecular complexity index is 831. The van der Waals surface area contributed by atoms with Crippen molar-refractivity contribution in [3.63, 3.8) is 0 Å². The van der Waals surface area contributed by atoms with E-state index in [9.17, 15) is 9.59 Å². The second kappa shape index (κ2) is 7.53. The molecule has 0 N–H and O–H groups in total. The molecule has 138 valence electrons. The largest absolute Gasteiger partial charge is 0.482 e. The van der Waals surface area contributed by atoms with E-state index in [1.165, 1.54) is 4.90 Å². The lowest BCUT2D eigenvalue weighted by Crippen LogP contribution is -2.48. The quantitative estimate of drug-likeness (QED) is 0.742. The lowest BCUT2D eigenvalue weighted by Gasteiger charge is -2.32. The minimum absolute atomic E-state index is 0.0200. The van der Waals surface area contributed by atoms with Crippen molar-refractivity contribution in [1.82, 2.24) is 4.90 Å². The summed E-state index contributed by atoms with van der Waals surface area (Å²) in [5.74, 6) is 1.75. The molecule has 0 atom stereocenters. The molecule has 0 saturated carbocycles. The van der Waals surface area contributed by atoms with Crippen LogP contribution in [-0.2, 0) is 16.1 Å². The molecule has 0 spiro atoms. The normalized spacial score (nSPS) is 13.6. The molecule has 26 heavy (non-hydrogen) atoms. The van der Waals surface area contributed by atoms with Gasteiger partial charge >= 0.3 is 0 Å². The highest BCUT2D eigenvalue weighted by atomic mass is 79.9. The first kappa shape index (κ1) is 18.5. The Kier molecular flexibility index (Phi) is 5.36. The van der Waals surface area contributed by atoms with Crippen LogP contribution in [0.3, 0.4) is 0 Å². The van der Waals surface area contributed by atoms with Crippen molar-refractivity contribution < 1.29 is 18.7 Å². The number of furan rings is 1. The molecule has 1 aromatic heterocycles. The second-order valence-corrected chi connectivity index (χ2v) is 7.42. The van der Waals surface area contributed by atoms with Crippen LogP contribution in [0.5, 0.6) is 5.75 Å². The Labute approximate surface area is 160 Å². The van der Waals surface area contributed by atoms with Gasteiger partial charge < -0.3 is 14.1 Å². The Morgan fingerprint density at radius 1 is 1.31 bits per heavy atom. The number of carbonyl (C=O) groups excluding carboxylic acids is 2. The number of anilines is 1. The lowest BCUT2D eigenvalue weighted by atomic mass is 10.2. The van der Waals surface area contributed by atoms with Crippen molar-refractivity contribution in [2.45, 2.75) is 33.4 Å². The van der Waals surface area contributed by atoms with Gasteiger partial charge in [0.25, 0.3) is 5.91 Å². The maximum Gasteiger partial charge on any atom is 0.265 e. The number of ether oxygens (including phenoxy) is 1. The number of nitrogens with zero attached hydrogens (tertiary/aromatic N) is 2. The molecule has 2 amide bonds. The zero-order valence-corrected chi connectivity index (χ0v) is 16.6. The van der Waals surface area contributed by atoms with Crippen molar-refractivity contribution in [2.75, 3.05) is 18.1 Å². The van der Waals surface area contributed by atoms with E-state index in [4.69, 9.17) is 9.15 Å². The maximum absolute atomic E-state index is 12.9. The summed E-state index contributed by atoms with van der Waals surface area (Å²) in [5.41, 5.74) is 0.607. The number of amides is 2. The molecule has 3 rings (SSSR count). The number of aryl methyl sites for hydroxylation is 1. The SMILES string of the molecule is Cc1ccc(CN(C(=O)CN2C(=O)COc3cc(Br)ccc32)C(C)C)o1. The van der Waals surface area contributed by atoms with E-state index in [1.807, 2.05) is 39.0 Å². The van der Waals surface area contributed by atoms with Gasteiger partial charge in [0.2, 0.25) is 5.91 Å². The number of hydrogen-bond donors (Lipinski definition) is 0. The molecule has 0 bridgehead atoms. The van der Waals surface area contributed by atoms with Crippen LogP contribution in [0.1, 0.15) is 25.4 Å². The second-order valence-electron chi connectivity index (χ2n) is 6.51. The van der Waals surface area contributed by atoms with Gasteiger partial charge in [-0.1, -0.05) is 15.9 Å². The minimum Gasteiger partial charge on any atom is -0.482 e. The van der Waals surface area contributed by atoms with Crippen LogP contribution < -0.4 is 9.64 Å². The smallest absolute Gasteiger partial charge is 0.265 e. The average Bonchev–Trinajstić information content (AvgIpc) is 3.00. The number of carbonyl (C=O) groups is 2. The predicted octanol–water partition coefficient (Wildman–Crippen LogP) is 3.51. The topological polar surface area (TPSA) is 63.0 Å². The molecular weight excluding hydrogens is 400 g/mol. The first-order valence-electron chi connectivity index (χ1n) is 8.42. The van der Waals surface area contributed by atoms with E-state index >= 15 is 0 Å². The van der Waals surface area contributed by atoms with Crippen LogP contribution in [0, 0.1) is 6.92 Å². The van der Waals surface area contributed by atoms with Crippen molar-refractivity contribution >= 4 is 33.4 Å². The van der Waals surface area contributed by atoms with Gasteiger partial charge in [0.1, 0.15) is 23.8 Å². The summed E-state index contributed by atoms with van der Waals surface area (Å²) < 4.78 is 11.9. The number of rotatable bonds is 5. The monoisotopic (exact) mass is 420 g/mol. The summed E-state index contributed by atoms with van der Waals surface area (Å²) in [4.78, 5) is 28.4. The average molecular weight is 421 g/mol. The molecule has 7 heteroatoms. The standard InChI is InChI=1S/C19H21BrN2O4/c1-12(2)21(9-15-6-4-13(3)26-15)18(23)10-22-16-7-5-14(20)8-17(16)25-11-19(22)24/h4-8,12H,9-11H2,1-3H3. The predicted molar refractivity (Wildman–Crippen MR) is 101 cm³/mol. The third-order valence-corrected chi connectivity index (χ3v) is 4.72. The molecule has 0 fully saturated rings. The highest BCUT2D eigenvalue weighted by Crippen LogP contribution is 2.34. The van der Waals surface area contributed by atoms with Crippen LogP contribution in [0.15, 0.2) is 39.2 Å². The molecule has 0 saturated heterocycles. The van der Waals surface area contributed by atoms with Crippen molar-refractivity contribution in [2.24, 2.45) is 0 Å². The highest BCUT2D eigenvalue weighted by molar-refractivity contribution is 9.10. The lowest BCUT2D eigenvalue weighted by molar-refractivity contribution is -0.134. The minimum atomic E-state index is -0.231. The Morgan fingerprint density at radius 2 is 2.08 bits per heavy atom. The molecule has 1 aliphatic heterocycles. The maximum atomic E-state index is 12.9. The molecule has 6 nitrogen and oxygen atoms in total. The fourth-order valence-electron chi connectivity index (χ4n) is 2.87. The number of halogens is 1. The Hall–Kier alpha value is -2.28. The van der Waals surface area contributed by atoms with Crippen molar-refractivity contribution in [3.8, 4) is 5.75 Å². The van der Waals surface area contributed by atoms with E-state index in [0.717, 1.165) is 16.0 Å². The summed E-state index contributed by atoms with van der Waals surface area (Å²) in [6, 6.07) is 9.12. The van der Waals surface area contributed by atoms with Gasteiger partial charge in [0.15, 0.2) is 6.61 Å². The molecule has 1 aliphatic rings. The Balaban J connectivity index is 1.80. The van der Waals surface area contributed by atoms with Gasteiger partial charge in [0, 0.05) is 10.5 Å². The number of fused-ring (bicyclic) bond motifs is 1. The zero-order valence-electron chi connectivity index (χ0n) is 15.0. The molecule has 0 aliphatic carbocycles. The van der Waals surface area contributed by atoms with Gasteiger partial charge in [0.05, 0.1) is 12.2 Å². The van der Waals surface area contributed by atoms with E-state index in [2.05, 4.69) is 15.9 Å². The third kappa shape index (κ3) is 3.93. The van der Waals surface area contributed by atoms with Crippen molar-refractivity contribution in [1.29, 1.82) is 0 Å². The van der Waals surface area contributed by atoms with Crippen molar-refractivity contribution in [3.05, 3.63) is 46.3 Å². The molecule has 0 unspecified atom stereocenters. The van der Waals surface area contributed by atoms with Crippen LogP contribution in [-0.4, -0.2) is 35.9 Å². The zero-order chi connectivity index (χ0) is 18.8. The summed E-state index contributed by atoms with van der Waals surface area (Å²) in [5, 5.41) is 0. The fourth-order valence-corrected chi connectivity index (χ4v) is 3.21. The summed E-state index contributed by atoms with van der Waals surface area (Å²) in [6.07, 6.45) is 0. The van der Waals surface area contributed by atoms with E-state index in [-0.39, 0.29) is 31.0 Å². The Morgan fingerprint density at radius 3 is 2.73 bits per heavy atom. The van der Waals surface area contributed by atoms with E-state index in [1.54, 1.807) is 17.0 Å². The first-order valence-corrected chi connectivity index (χ1v) is 9.22. The number of benzene rings is 1. The molecule has 0 radical (unpaired) electrons. The molecule has 2 aromatic rings. The van der Waals surface area contributed by atoms with E-state index < -0.39 is 0 Å². The first-order chi connectivity index (χ1) is 12.3. The summed E-state index contributed by atoms with van der Waals surface area (Å²) in [7, 11) is 0.